The van der Waals surface area contributed by atoms with Crippen molar-refractivity contribution in [3.05, 3.63) is 23.3 Å². The van der Waals surface area contributed by atoms with Gasteiger partial charge in [-0.05, 0) is 57.6 Å². The number of carbonyl (C=O) groups is 3. The molecule has 1 N–H and O–H groups in total. The summed E-state index contributed by atoms with van der Waals surface area (Å²) in [6.07, 6.45) is 5.51. The van der Waals surface area contributed by atoms with E-state index in [-0.39, 0.29) is 54.1 Å². The van der Waals surface area contributed by atoms with Crippen molar-refractivity contribution >= 4 is 17.7 Å². The van der Waals surface area contributed by atoms with E-state index < -0.39 is 11.5 Å². The molecule has 1 aliphatic heterocycles. The molecule has 3 rings (SSSR count). The van der Waals surface area contributed by atoms with Gasteiger partial charge < -0.3 is 14.6 Å². The van der Waals surface area contributed by atoms with Gasteiger partial charge in [-0.1, -0.05) is 25.5 Å². The number of aliphatic hydroxyl groups is 1. The Hall–Kier alpha value is -1.95. The third kappa shape index (κ3) is 5.28. The number of ketones is 1. The Morgan fingerprint density at radius 1 is 1.23 bits per heavy atom. The summed E-state index contributed by atoms with van der Waals surface area (Å²) in [5, 5.41) is 9.91. The predicted molar refractivity (Wildman–Crippen MR) is 116 cm³/mol. The Bertz CT molecular complexity index is 792. The number of cyclic esters (lactones) is 1. The van der Waals surface area contributed by atoms with E-state index in [9.17, 15) is 19.5 Å². The fourth-order valence-electron chi connectivity index (χ4n) is 4.98. The molecule has 31 heavy (non-hydrogen) atoms. The highest BCUT2D eigenvalue weighted by Gasteiger charge is 2.45. The molecule has 0 aromatic rings. The van der Waals surface area contributed by atoms with Crippen molar-refractivity contribution in [1.82, 2.24) is 0 Å². The zero-order valence-electron chi connectivity index (χ0n) is 19.3. The van der Waals surface area contributed by atoms with Crippen molar-refractivity contribution in [3.63, 3.8) is 0 Å². The molecular weight excluding hydrogens is 396 g/mol. The smallest absolute Gasteiger partial charge is 0.311 e. The van der Waals surface area contributed by atoms with E-state index in [1.165, 1.54) is 0 Å². The molecule has 0 amide bonds. The lowest BCUT2D eigenvalue weighted by Crippen LogP contribution is -2.44. The number of rotatable bonds is 6. The molecule has 172 valence electrons. The summed E-state index contributed by atoms with van der Waals surface area (Å²) in [7, 11) is 0. The summed E-state index contributed by atoms with van der Waals surface area (Å²) >= 11 is 0. The van der Waals surface area contributed by atoms with Crippen molar-refractivity contribution in [1.29, 1.82) is 0 Å². The molecule has 6 heteroatoms. The second-order valence-corrected chi connectivity index (χ2v) is 10.2. The second-order valence-electron chi connectivity index (χ2n) is 10.2. The van der Waals surface area contributed by atoms with Crippen molar-refractivity contribution in [2.75, 3.05) is 0 Å². The monoisotopic (exact) mass is 432 g/mol. The van der Waals surface area contributed by atoms with Crippen LogP contribution in [0.3, 0.4) is 0 Å². The zero-order chi connectivity index (χ0) is 22.9. The Morgan fingerprint density at radius 2 is 1.94 bits per heavy atom. The van der Waals surface area contributed by atoms with Crippen LogP contribution in [0.2, 0.25) is 0 Å². The van der Waals surface area contributed by atoms with Crippen molar-refractivity contribution in [2.45, 2.75) is 91.5 Å². The van der Waals surface area contributed by atoms with Gasteiger partial charge in [0.15, 0.2) is 5.78 Å². The van der Waals surface area contributed by atoms with Crippen LogP contribution < -0.4 is 0 Å². The van der Waals surface area contributed by atoms with Gasteiger partial charge in [-0.2, -0.15) is 0 Å². The number of allylic oxidation sites excluding steroid dienone is 2. The molecule has 1 heterocycles. The summed E-state index contributed by atoms with van der Waals surface area (Å²) in [5.41, 5.74) is 1.47. The molecule has 2 unspecified atom stereocenters. The summed E-state index contributed by atoms with van der Waals surface area (Å²) in [5.74, 6) is -0.773. The molecule has 1 saturated heterocycles. The second kappa shape index (κ2) is 9.27. The van der Waals surface area contributed by atoms with Gasteiger partial charge in [-0.3, -0.25) is 14.4 Å². The van der Waals surface area contributed by atoms with Crippen molar-refractivity contribution in [2.24, 2.45) is 23.2 Å². The number of hydrogen-bond donors (Lipinski definition) is 1. The first-order chi connectivity index (χ1) is 14.5. The SMILES string of the molecule is CCC(C)(C)C(=O)O[C@H]1CC(C)=CC2=CC(=O)[C@H](C)[C@H](CCC3C[C@@H](O)CC(=O)O3)C21. The average Bonchev–Trinajstić information content (AvgIpc) is 2.67. The highest BCUT2D eigenvalue weighted by atomic mass is 16.6. The van der Waals surface area contributed by atoms with Gasteiger partial charge in [0.2, 0.25) is 0 Å². The van der Waals surface area contributed by atoms with E-state index in [0.717, 1.165) is 11.1 Å². The zero-order valence-corrected chi connectivity index (χ0v) is 19.3. The van der Waals surface area contributed by atoms with Gasteiger partial charge in [0.25, 0.3) is 0 Å². The van der Waals surface area contributed by atoms with Gasteiger partial charge in [0, 0.05) is 24.7 Å². The number of carbonyl (C=O) groups excluding carboxylic acids is 3. The number of ether oxygens (including phenoxy) is 2. The minimum absolute atomic E-state index is 0.0165. The first-order valence-corrected chi connectivity index (χ1v) is 11.5. The standard InChI is InChI=1S/C25H36O6/c1-6-25(4,5)24(29)31-21-10-14(2)9-16-11-20(27)15(3)19(23(16)21)8-7-18-12-17(26)13-22(28)30-18/h9,11,15,17-19,21,23,26H,6-8,10,12-13H2,1-5H3/t15-,17-,18?,19+,21+,23?/m1/s1. The third-order valence-corrected chi connectivity index (χ3v) is 7.34. The molecule has 2 aliphatic carbocycles. The molecule has 0 spiro atoms. The Morgan fingerprint density at radius 3 is 2.58 bits per heavy atom. The van der Waals surface area contributed by atoms with Gasteiger partial charge in [-0.25, -0.2) is 0 Å². The van der Waals surface area contributed by atoms with E-state index in [1.807, 2.05) is 34.6 Å². The van der Waals surface area contributed by atoms with Crippen LogP contribution in [0.4, 0.5) is 0 Å². The Balaban J connectivity index is 1.82. The van der Waals surface area contributed by atoms with E-state index in [4.69, 9.17) is 9.47 Å². The molecule has 3 aliphatic rings. The van der Waals surface area contributed by atoms with E-state index in [0.29, 0.717) is 32.1 Å². The fourth-order valence-corrected chi connectivity index (χ4v) is 4.98. The molecule has 6 atom stereocenters. The summed E-state index contributed by atoms with van der Waals surface area (Å²) in [6, 6.07) is 0. The van der Waals surface area contributed by atoms with Crippen LogP contribution in [-0.2, 0) is 23.9 Å². The first-order valence-electron chi connectivity index (χ1n) is 11.5. The topological polar surface area (TPSA) is 89.9 Å². The minimum Gasteiger partial charge on any atom is -0.462 e. The maximum absolute atomic E-state index is 12.9. The van der Waals surface area contributed by atoms with Gasteiger partial charge in [-0.15, -0.1) is 0 Å². The molecule has 0 bridgehead atoms. The third-order valence-electron chi connectivity index (χ3n) is 7.34. The predicted octanol–water partition coefficient (Wildman–Crippen LogP) is 3.91. The fraction of sp³-hybridized carbons (Fsp3) is 0.720. The summed E-state index contributed by atoms with van der Waals surface area (Å²) in [4.78, 5) is 37.3. The van der Waals surface area contributed by atoms with Crippen LogP contribution in [-0.4, -0.2) is 41.1 Å². The van der Waals surface area contributed by atoms with E-state index >= 15 is 0 Å². The Labute approximate surface area is 185 Å². The molecule has 6 nitrogen and oxygen atoms in total. The minimum atomic E-state index is -0.669. The summed E-state index contributed by atoms with van der Waals surface area (Å²) in [6.45, 7) is 9.70. The number of hydrogen-bond acceptors (Lipinski definition) is 6. The Kier molecular flexibility index (Phi) is 7.09. The first kappa shape index (κ1) is 23.7. The number of fused-ring (bicyclic) bond motifs is 1. The van der Waals surface area contributed by atoms with Crippen molar-refractivity contribution < 1.29 is 29.0 Å². The normalized spacial score (nSPS) is 33.7. The number of esters is 2. The maximum Gasteiger partial charge on any atom is 0.311 e. The quantitative estimate of drug-likeness (QED) is 0.640. The molecule has 0 aromatic heterocycles. The lowest BCUT2D eigenvalue weighted by atomic mass is 9.64. The largest absolute Gasteiger partial charge is 0.462 e. The molecule has 0 saturated carbocycles. The number of aliphatic hydroxyl groups excluding tert-OH is 1. The average molecular weight is 433 g/mol. The maximum atomic E-state index is 12.9. The van der Waals surface area contributed by atoms with E-state index in [1.54, 1.807) is 6.08 Å². The van der Waals surface area contributed by atoms with Crippen LogP contribution in [0, 0.1) is 23.2 Å². The molecule has 1 fully saturated rings. The molecule has 0 radical (unpaired) electrons. The highest BCUT2D eigenvalue weighted by Crippen LogP contribution is 2.45. The lowest BCUT2D eigenvalue weighted by molar-refractivity contribution is -0.165. The van der Waals surface area contributed by atoms with E-state index in [2.05, 4.69) is 6.08 Å². The highest BCUT2D eigenvalue weighted by molar-refractivity contribution is 5.94. The lowest BCUT2D eigenvalue weighted by Gasteiger charge is -2.43. The molecular formula is C25H36O6. The van der Waals surface area contributed by atoms with Gasteiger partial charge in [0.05, 0.1) is 17.9 Å². The van der Waals surface area contributed by atoms with Gasteiger partial charge >= 0.3 is 11.9 Å². The van der Waals surface area contributed by atoms with Crippen LogP contribution >= 0.6 is 0 Å². The van der Waals surface area contributed by atoms with Crippen LogP contribution in [0.1, 0.15) is 73.1 Å². The van der Waals surface area contributed by atoms with Crippen molar-refractivity contribution in [3.8, 4) is 0 Å². The van der Waals surface area contributed by atoms with Crippen LogP contribution in [0.25, 0.3) is 0 Å². The molecule has 0 aromatic carbocycles. The van der Waals surface area contributed by atoms with Crippen LogP contribution in [0.5, 0.6) is 0 Å². The van der Waals surface area contributed by atoms with Gasteiger partial charge in [0.1, 0.15) is 12.2 Å². The van der Waals surface area contributed by atoms with Crippen LogP contribution in [0.15, 0.2) is 23.3 Å². The summed E-state index contributed by atoms with van der Waals surface area (Å²) < 4.78 is 11.5.